The molecular weight excluding hydrogens is 406 g/mol. The Hall–Kier alpha value is -2.31. The number of hydrogen-bond acceptors (Lipinski definition) is 4. The van der Waals surface area contributed by atoms with Crippen molar-refractivity contribution < 1.29 is 9.53 Å². The second-order valence-corrected chi connectivity index (χ2v) is 7.96. The summed E-state index contributed by atoms with van der Waals surface area (Å²) in [6.07, 6.45) is 3.86. The van der Waals surface area contributed by atoms with Crippen molar-refractivity contribution in [1.82, 2.24) is 5.32 Å². The van der Waals surface area contributed by atoms with Gasteiger partial charge < -0.3 is 20.3 Å². The van der Waals surface area contributed by atoms with Crippen LogP contribution in [0.2, 0.25) is 5.02 Å². The van der Waals surface area contributed by atoms with E-state index >= 15 is 0 Å². The summed E-state index contributed by atoms with van der Waals surface area (Å²) in [6.45, 7) is 4.33. The highest BCUT2D eigenvalue weighted by atomic mass is 35.5. The van der Waals surface area contributed by atoms with Crippen molar-refractivity contribution in [3.63, 3.8) is 0 Å². The summed E-state index contributed by atoms with van der Waals surface area (Å²) < 4.78 is 4.75. The number of thiocarbonyl (C=S) groups is 1. The van der Waals surface area contributed by atoms with Crippen LogP contribution in [0.5, 0.6) is 0 Å². The van der Waals surface area contributed by atoms with Gasteiger partial charge in [0.1, 0.15) is 0 Å². The van der Waals surface area contributed by atoms with Crippen LogP contribution in [0.1, 0.15) is 48.1 Å². The quantitative estimate of drug-likeness (QED) is 0.503. The number of hydrogen-bond donors (Lipinski definition) is 2. The van der Waals surface area contributed by atoms with Crippen molar-refractivity contribution in [3.05, 3.63) is 58.6 Å². The first-order valence-electron chi connectivity index (χ1n) is 9.78. The number of ether oxygens (including phenoxy) is 1. The van der Waals surface area contributed by atoms with E-state index in [0.29, 0.717) is 21.4 Å². The van der Waals surface area contributed by atoms with Gasteiger partial charge in [0.25, 0.3) is 0 Å². The molecule has 1 aliphatic heterocycles. The molecule has 29 heavy (non-hydrogen) atoms. The van der Waals surface area contributed by atoms with E-state index in [1.807, 2.05) is 0 Å². The molecule has 2 aromatic rings. The normalized spacial score (nSPS) is 14.8. The summed E-state index contributed by atoms with van der Waals surface area (Å²) in [5, 5.41) is 7.18. The summed E-state index contributed by atoms with van der Waals surface area (Å²) in [6, 6.07) is 13.7. The number of piperidine rings is 1. The molecule has 154 valence electrons. The molecule has 0 unspecified atom stereocenters. The molecular formula is C22H26ClN3O2S. The molecule has 0 bridgehead atoms. The lowest BCUT2D eigenvalue weighted by Crippen LogP contribution is -2.31. The fraction of sp³-hybridized carbons (Fsp3) is 0.364. The van der Waals surface area contributed by atoms with E-state index < -0.39 is 5.97 Å². The maximum Gasteiger partial charge on any atom is 0.339 e. The molecule has 0 amide bonds. The van der Waals surface area contributed by atoms with Gasteiger partial charge in [0.05, 0.1) is 23.7 Å². The molecule has 0 radical (unpaired) electrons. The van der Waals surface area contributed by atoms with Crippen LogP contribution in [0.25, 0.3) is 0 Å². The minimum atomic E-state index is -0.486. The SMILES string of the molecule is COC(=O)c1cc(NC(=S)N[C@H](C)c2ccc(N3CCCCC3)cc2)ccc1Cl. The fourth-order valence-corrected chi connectivity index (χ4v) is 3.93. The minimum Gasteiger partial charge on any atom is -0.465 e. The average Bonchev–Trinajstić information content (AvgIpc) is 2.75. The fourth-order valence-electron chi connectivity index (χ4n) is 3.44. The Morgan fingerprint density at radius 3 is 2.48 bits per heavy atom. The monoisotopic (exact) mass is 431 g/mol. The third-order valence-corrected chi connectivity index (χ3v) is 5.64. The van der Waals surface area contributed by atoms with E-state index in [0.717, 1.165) is 18.7 Å². The van der Waals surface area contributed by atoms with Gasteiger partial charge in [-0.25, -0.2) is 4.79 Å². The van der Waals surface area contributed by atoms with Crippen LogP contribution >= 0.6 is 23.8 Å². The van der Waals surface area contributed by atoms with Gasteiger partial charge in [0.2, 0.25) is 0 Å². The number of rotatable bonds is 5. The van der Waals surface area contributed by atoms with E-state index in [4.69, 9.17) is 28.6 Å². The number of carbonyl (C=O) groups is 1. The summed E-state index contributed by atoms with van der Waals surface area (Å²) >= 11 is 11.5. The zero-order chi connectivity index (χ0) is 20.8. The molecule has 0 spiro atoms. The summed E-state index contributed by atoms with van der Waals surface area (Å²) in [4.78, 5) is 14.2. The predicted molar refractivity (Wildman–Crippen MR) is 123 cm³/mol. The number of anilines is 2. The van der Waals surface area contributed by atoms with Crippen LogP contribution in [-0.2, 0) is 4.74 Å². The van der Waals surface area contributed by atoms with Crippen molar-refractivity contribution in [3.8, 4) is 0 Å². The molecule has 7 heteroatoms. The first-order chi connectivity index (χ1) is 14.0. The Balaban J connectivity index is 1.59. The van der Waals surface area contributed by atoms with Gasteiger partial charge in [-0.15, -0.1) is 0 Å². The maximum absolute atomic E-state index is 11.8. The number of esters is 1. The number of nitrogens with one attached hydrogen (secondary N) is 2. The molecule has 3 rings (SSSR count). The second-order valence-electron chi connectivity index (χ2n) is 7.15. The number of carbonyl (C=O) groups excluding carboxylic acids is 1. The van der Waals surface area contributed by atoms with Crippen molar-refractivity contribution >= 4 is 46.3 Å². The van der Waals surface area contributed by atoms with Gasteiger partial charge >= 0.3 is 5.97 Å². The lowest BCUT2D eigenvalue weighted by molar-refractivity contribution is 0.0601. The zero-order valence-corrected chi connectivity index (χ0v) is 18.3. The summed E-state index contributed by atoms with van der Waals surface area (Å²) in [5.74, 6) is -0.486. The first-order valence-corrected chi connectivity index (χ1v) is 10.6. The first kappa shape index (κ1) is 21.4. The van der Waals surface area contributed by atoms with Crippen LogP contribution in [0.3, 0.4) is 0 Å². The molecule has 1 aliphatic rings. The Morgan fingerprint density at radius 2 is 1.83 bits per heavy atom. The van der Waals surface area contributed by atoms with E-state index in [1.54, 1.807) is 18.2 Å². The second kappa shape index (κ2) is 9.94. The molecule has 1 fully saturated rings. The van der Waals surface area contributed by atoms with Gasteiger partial charge in [0, 0.05) is 24.5 Å². The lowest BCUT2D eigenvalue weighted by Gasteiger charge is -2.29. The van der Waals surface area contributed by atoms with Crippen LogP contribution in [0, 0.1) is 0 Å². The van der Waals surface area contributed by atoms with Crippen LogP contribution < -0.4 is 15.5 Å². The summed E-state index contributed by atoms with van der Waals surface area (Å²) in [5.41, 5.74) is 3.39. The third-order valence-electron chi connectivity index (χ3n) is 5.09. The van der Waals surface area contributed by atoms with Crippen molar-refractivity contribution in [2.45, 2.75) is 32.2 Å². The highest BCUT2D eigenvalue weighted by Gasteiger charge is 2.14. The van der Waals surface area contributed by atoms with Crippen LogP contribution in [0.15, 0.2) is 42.5 Å². The van der Waals surface area contributed by atoms with Gasteiger partial charge in [-0.2, -0.15) is 0 Å². The predicted octanol–water partition coefficient (Wildman–Crippen LogP) is 5.16. The smallest absolute Gasteiger partial charge is 0.339 e. The minimum absolute atomic E-state index is 0.0396. The Morgan fingerprint density at radius 1 is 1.14 bits per heavy atom. The number of nitrogens with zero attached hydrogens (tertiary/aromatic N) is 1. The average molecular weight is 432 g/mol. The Bertz CT molecular complexity index is 867. The topological polar surface area (TPSA) is 53.6 Å². The standard InChI is InChI=1S/C22H26ClN3O2S/c1-15(16-6-9-18(10-7-16)26-12-4-3-5-13-26)24-22(29)25-17-8-11-20(23)19(14-17)21(27)28-2/h6-11,14-15H,3-5,12-13H2,1-2H3,(H2,24,25,29)/t15-/m1/s1. The molecule has 1 atom stereocenters. The molecule has 2 aromatic carbocycles. The molecule has 1 heterocycles. The van der Waals surface area contributed by atoms with E-state index in [1.165, 1.54) is 32.1 Å². The summed E-state index contributed by atoms with van der Waals surface area (Å²) in [7, 11) is 1.32. The van der Waals surface area contributed by atoms with Gasteiger partial charge in [-0.05, 0) is 74.3 Å². The zero-order valence-electron chi connectivity index (χ0n) is 16.7. The van der Waals surface area contributed by atoms with E-state index in [9.17, 15) is 4.79 Å². The largest absolute Gasteiger partial charge is 0.465 e. The molecule has 0 saturated carbocycles. The molecule has 5 nitrogen and oxygen atoms in total. The lowest BCUT2D eigenvalue weighted by atomic mass is 10.1. The molecule has 0 aliphatic carbocycles. The van der Waals surface area contributed by atoms with Gasteiger partial charge in [-0.3, -0.25) is 0 Å². The van der Waals surface area contributed by atoms with E-state index in [2.05, 4.69) is 46.7 Å². The maximum atomic E-state index is 11.8. The van der Waals surface area contributed by atoms with E-state index in [-0.39, 0.29) is 6.04 Å². The number of methoxy groups -OCH3 is 1. The highest BCUT2D eigenvalue weighted by molar-refractivity contribution is 7.80. The van der Waals surface area contributed by atoms with Crippen molar-refractivity contribution in [1.29, 1.82) is 0 Å². The molecule has 0 aromatic heterocycles. The Kier molecular flexibility index (Phi) is 7.34. The molecule has 1 saturated heterocycles. The van der Waals surface area contributed by atoms with Gasteiger partial charge in [0.15, 0.2) is 5.11 Å². The van der Waals surface area contributed by atoms with Gasteiger partial charge in [-0.1, -0.05) is 23.7 Å². The third kappa shape index (κ3) is 5.61. The van der Waals surface area contributed by atoms with Crippen molar-refractivity contribution in [2.75, 3.05) is 30.4 Å². The van der Waals surface area contributed by atoms with Crippen molar-refractivity contribution in [2.24, 2.45) is 0 Å². The molecule has 2 N–H and O–H groups in total. The highest BCUT2D eigenvalue weighted by Crippen LogP contribution is 2.23. The number of benzene rings is 2. The van der Waals surface area contributed by atoms with Crippen LogP contribution in [0.4, 0.5) is 11.4 Å². The number of halogens is 1. The van der Waals surface area contributed by atoms with Crippen LogP contribution in [-0.4, -0.2) is 31.3 Å². The Labute approximate surface area is 182 Å².